The molecule has 2 amide bonds. The maximum atomic E-state index is 13.2. The van der Waals surface area contributed by atoms with Gasteiger partial charge in [-0.05, 0) is 73.7 Å². The number of furan rings is 1. The van der Waals surface area contributed by atoms with Gasteiger partial charge in [0.2, 0.25) is 0 Å². The van der Waals surface area contributed by atoms with Gasteiger partial charge in [-0.3, -0.25) is 19.8 Å². The Bertz CT molecular complexity index is 1290. The maximum Gasteiger partial charge on any atom is 0.270 e. The second kappa shape index (κ2) is 8.88. The van der Waals surface area contributed by atoms with E-state index in [4.69, 9.17) is 26.6 Å². The lowest BCUT2D eigenvalue weighted by molar-refractivity contribution is -0.122. The fourth-order valence-electron chi connectivity index (χ4n) is 3.21. The van der Waals surface area contributed by atoms with E-state index >= 15 is 0 Å². The normalized spacial score (nSPS) is 14.9. The van der Waals surface area contributed by atoms with Crippen molar-refractivity contribution in [1.82, 2.24) is 5.32 Å². The molecule has 32 heavy (non-hydrogen) atoms. The molecule has 3 aromatic rings. The number of carbonyl (C=O) groups excluding carboxylic acids is 2. The molecule has 4 rings (SSSR count). The van der Waals surface area contributed by atoms with Gasteiger partial charge in [0.1, 0.15) is 22.8 Å². The molecule has 8 heteroatoms. The zero-order valence-corrected chi connectivity index (χ0v) is 17.8. The number of thiocarbonyl (C=S) groups is 1. The first-order chi connectivity index (χ1) is 15.5. The second-order valence-electron chi connectivity index (χ2n) is 6.78. The molecule has 0 atom stereocenters. The van der Waals surface area contributed by atoms with Crippen LogP contribution >= 0.6 is 12.2 Å². The van der Waals surface area contributed by atoms with Crippen molar-refractivity contribution >= 4 is 40.9 Å². The molecule has 1 fully saturated rings. The molecule has 158 valence electrons. The monoisotopic (exact) mass is 443 g/mol. The minimum Gasteiger partial charge on any atom is -0.494 e. The Balaban J connectivity index is 1.64. The highest BCUT2D eigenvalue weighted by atomic mass is 32.1. The Labute approximate surface area is 189 Å². The SMILES string of the molecule is CCOc1cccc(N2C(=O)/C(=C\c3ccc(-c4ccc(C#N)cc4)o3)C(=O)NC2=S)c1. The van der Waals surface area contributed by atoms with Gasteiger partial charge < -0.3 is 9.15 Å². The largest absolute Gasteiger partial charge is 0.494 e. The molecule has 1 aromatic heterocycles. The number of ether oxygens (including phenoxy) is 1. The summed E-state index contributed by atoms with van der Waals surface area (Å²) in [5.41, 5.74) is 1.68. The molecule has 0 radical (unpaired) electrons. The van der Waals surface area contributed by atoms with Crippen molar-refractivity contribution in [3.05, 3.63) is 77.6 Å². The topological polar surface area (TPSA) is 95.6 Å². The molecule has 2 heterocycles. The van der Waals surface area contributed by atoms with Crippen LogP contribution in [-0.2, 0) is 9.59 Å². The predicted molar refractivity (Wildman–Crippen MR) is 123 cm³/mol. The van der Waals surface area contributed by atoms with Gasteiger partial charge in [0.05, 0.1) is 23.9 Å². The molecule has 1 aliphatic heterocycles. The Hall–Kier alpha value is -4.22. The van der Waals surface area contributed by atoms with Gasteiger partial charge in [-0.15, -0.1) is 0 Å². The van der Waals surface area contributed by atoms with Crippen LogP contribution in [0.15, 0.2) is 70.7 Å². The Morgan fingerprint density at radius 1 is 1.16 bits per heavy atom. The van der Waals surface area contributed by atoms with E-state index < -0.39 is 11.8 Å². The average Bonchev–Trinajstić information content (AvgIpc) is 3.26. The maximum absolute atomic E-state index is 13.2. The zero-order valence-electron chi connectivity index (χ0n) is 17.0. The summed E-state index contributed by atoms with van der Waals surface area (Å²) >= 11 is 5.24. The standard InChI is InChI=1S/C24H17N3O4S/c1-2-30-18-5-3-4-17(12-18)27-23(29)20(22(28)26-24(27)32)13-19-10-11-21(31-19)16-8-6-15(14-25)7-9-16/h3-13H,2H2,1H3,(H,26,28,32)/b20-13-. The highest BCUT2D eigenvalue weighted by molar-refractivity contribution is 7.80. The third-order valence-corrected chi connectivity index (χ3v) is 4.99. The van der Waals surface area contributed by atoms with Gasteiger partial charge in [0, 0.05) is 11.6 Å². The molecule has 1 N–H and O–H groups in total. The number of amides is 2. The molecule has 0 aliphatic carbocycles. The van der Waals surface area contributed by atoms with Crippen LogP contribution in [0.5, 0.6) is 5.75 Å². The van der Waals surface area contributed by atoms with E-state index in [9.17, 15) is 9.59 Å². The Morgan fingerprint density at radius 3 is 2.66 bits per heavy atom. The molecule has 0 bridgehead atoms. The van der Waals surface area contributed by atoms with Crippen molar-refractivity contribution in [2.24, 2.45) is 0 Å². The lowest BCUT2D eigenvalue weighted by Crippen LogP contribution is -2.54. The number of hydrogen-bond donors (Lipinski definition) is 1. The van der Waals surface area contributed by atoms with Crippen molar-refractivity contribution in [3.63, 3.8) is 0 Å². The number of hydrogen-bond acceptors (Lipinski definition) is 6. The molecule has 0 saturated carbocycles. The van der Waals surface area contributed by atoms with Crippen LogP contribution in [-0.4, -0.2) is 23.5 Å². The third kappa shape index (κ3) is 4.15. The highest BCUT2D eigenvalue weighted by Crippen LogP contribution is 2.27. The quantitative estimate of drug-likeness (QED) is 0.363. The molecular weight excluding hydrogens is 426 g/mol. The summed E-state index contributed by atoms with van der Waals surface area (Å²) in [6, 6.07) is 19.2. The summed E-state index contributed by atoms with van der Waals surface area (Å²) in [6.07, 6.45) is 1.38. The Morgan fingerprint density at radius 2 is 1.94 bits per heavy atom. The van der Waals surface area contributed by atoms with Gasteiger partial charge in [-0.1, -0.05) is 6.07 Å². The summed E-state index contributed by atoms with van der Waals surface area (Å²) in [6.45, 7) is 2.34. The molecular formula is C24H17N3O4S. The second-order valence-corrected chi connectivity index (χ2v) is 7.17. The molecule has 0 unspecified atom stereocenters. The zero-order chi connectivity index (χ0) is 22.7. The molecule has 1 saturated heterocycles. The summed E-state index contributed by atoms with van der Waals surface area (Å²) < 4.78 is 11.3. The number of nitrogens with one attached hydrogen (secondary N) is 1. The first-order valence-electron chi connectivity index (χ1n) is 9.75. The smallest absolute Gasteiger partial charge is 0.270 e. The first-order valence-corrected chi connectivity index (χ1v) is 10.2. The van der Waals surface area contributed by atoms with Crippen LogP contribution in [0.4, 0.5) is 5.69 Å². The van der Waals surface area contributed by atoms with E-state index in [0.717, 1.165) is 5.56 Å². The number of rotatable bonds is 5. The van der Waals surface area contributed by atoms with Crippen LogP contribution in [0.25, 0.3) is 17.4 Å². The van der Waals surface area contributed by atoms with E-state index in [1.807, 2.05) is 6.92 Å². The number of carbonyl (C=O) groups is 2. The van der Waals surface area contributed by atoms with Crippen LogP contribution in [0, 0.1) is 11.3 Å². The molecule has 0 spiro atoms. The number of anilines is 1. The van der Waals surface area contributed by atoms with Crippen molar-refractivity contribution in [2.75, 3.05) is 11.5 Å². The summed E-state index contributed by atoms with van der Waals surface area (Å²) in [4.78, 5) is 26.9. The van der Waals surface area contributed by atoms with Gasteiger partial charge in [0.15, 0.2) is 5.11 Å². The van der Waals surface area contributed by atoms with Crippen molar-refractivity contribution in [1.29, 1.82) is 5.26 Å². The van der Waals surface area contributed by atoms with Crippen LogP contribution in [0.2, 0.25) is 0 Å². The van der Waals surface area contributed by atoms with Crippen molar-refractivity contribution in [2.45, 2.75) is 6.92 Å². The molecule has 2 aromatic carbocycles. The summed E-state index contributed by atoms with van der Waals surface area (Å²) in [7, 11) is 0. The minimum atomic E-state index is -0.603. The van der Waals surface area contributed by atoms with Gasteiger partial charge in [-0.25, -0.2) is 0 Å². The van der Waals surface area contributed by atoms with Crippen LogP contribution < -0.4 is 15.0 Å². The van der Waals surface area contributed by atoms with Crippen molar-refractivity contribution < 1.29 is 18.7 Å². The van der Waals surface area contributed by atoms with Gasteiger partial charge in [0.25, 0.3) is 11.8 Å². The molecule has 1 aliphatic rings. The van der Waals surface area contributed by atoms with E-state index in [1.165, 1.54) is 11.0 Å². The molecule has 7 nitrogen and oxygen atoms in total. The lowest BCUT2D eigenvalue weighted by atomic mass is 10.1. The number of nitrogens with zero attached hydrogens (tertiary/aromatic N) is 2. The van der Waals surface area contributed by atoms with Crippen LogP contribution in [0.3, 0.4) is 0 Å². The number of nitriles is 1. The lowest BCUT2D eigenvalue weighted by Gasteiger charge is -2.29. The Kier molecular flexibility index (Phi) is 5.83. The van der Waals surface area contributed by atoms with Gasteiger partial charge >= 0.3 is 0 Å². The summed E-state index contributed by atoms with van der Waals surface area (Å²) in [5.74, 6) is 0.291. The van der Waals surface area contributed by atoms with E-state index in [-0.39, 0.29) is 10.7 Å². The van der Waals surface area contributed by atoms with Crippen molar-refractivity contribution in [3.8, 4) is 23.1 Å². The third-order valence-electron chi connectivity index (χ3n) is 4.70. The average molecular weight is 443 g/mol. The first kappa shape index (κ1) is 21.0. The highest BCUT2D eigenvalue weighted by Gasteiger charge is 2.35. The van der Waals surface area contributed by atoms with Crippen LogP contribution in [0.1, 0.15) is 18.2 Å². The van der Waals surface area contributed by atoms with Gasteiger partial charge in [-0.2, -0.15) is 5.26 Å². The fourth-order valence-corrected chi connectivity index (χ4v) is 3.49. The van der Waals surface area contributed by atoms with E-state index in [1.54, 1.807) is 60.7 Å². The summed E-state index contributed by atoms with van der Waals surface area (Å²) in [5, 5.41) is 11.5. The van der Waals surface area contributed by atoms with E-state index in [0.29, 0.717) is 35.1 Å². The number of benzene rings is 2. The minimum absolute atomic E-state index is 0.0106. The van der Waals surface area contributed by atoms with E-state index in [2.05, 4.69) is 11.4 Å². The fraction of sp³-hybridized carbons (Fsp3) is 0.0833. The predicted octanol–water partition coefficient (Wildman–Crippen LogP) is 4.05.